The van der Waals surface area contributed by atoms with E-state index in [4.69, 9.17) is 18.9 Å². The number of unbranched alkanes of at least 4 members (excludes halogenated alkanes) is 28. The first-order chi connectivity index (χ1) is 34.6. The number of carbonyl (C=O) groups excluding carboxylic acids is 1. The summed E-state index contributed by atoms with van der Waals surface area (Å²) < 4.78 is 22.7. The van der Waals surface area contributed by atoms with Gasteiger partial charge in [0.05, 0.1) is 32.0 Å². The van der Waals surface area contributed by atoms with Crippen LogP contribution in [0, 0.1) is 0 Å². The van der Waals surface area contributed by atoms with Gasteiger partial charge in [-0.05, 0) is 44.9 Å². The van der Waals surface area contributed by atoms with E-state index in [1.54, 1.807) is 6.08 Å². The van der Waals surface area contributed by atoms with E-state index in [1.165, 1.54) is 148 Å². The highest BCUT2D eigenvalue weighted by Gasteiger charge is 2.51. The van der Waals surface area contributed by atoms with Crippen LogP contribution >= 0.6 is 0 Å². The van der Waals surface area contributed by atoms with E-state index < -0.39 is 86.8 Å². The number of ether oxygens (including phenoxy) is 4. The van der Waals surface area contributed by atoms with Crippen LogP contribution in [0.25, 0.3) is 0 Å². The van der Waals surface area contributed by atoms with Crippen LogP contribution in [0.2, 0.25) is 0 Å². The number of aliphatic hydroxyl groups is 8. The molecule has 71 heavy (non-hydrogen) atoms. The van der Waals surface area contributed by atoms with Gasteiger partial charge in [-0.3, -0.25) is 4.79 Å². The Morgan fingerprint density at radius 2 is 0.901 bits per heavy atom. The molecule has 2 fully saturated rings. The van der Waals surface area contributed by atoms with Crippen molar-refractivity contribution in [2.75, 3.05) is 19.8 Å². The minimum absolute atomic E-state index is 0.251. The van der Waals surface area contributed by atoms with E-state index in [2.05, 4.69) is 43.5 Å². The lowest BCUT2D eigenvalue weighted by Crippen LogP contribution is -2.65. The van der Waals surface area contributed by atoms with Gasteiger partial charge < -0.3 is 65.1 Å². The van der Waals surface area contributed by atoms with Gasteiger partial charge in [0.25, 0.3) is 0 Å². The molecule has 416 valence electrons. The molecule has 12 atom stereocenters. The highest BCUT2D eigenvalue weighted by Crippen LogP contribution is 2.30. The number of carbonyl (C=O) groups is 1. The molecule has 0 aromatic carbocycles. The minimum Gasteiger partial charge on any atom is -0.394 e. The molecule has 0 bridgehead atoms. The Morgan fingerprint density at radius 3 is 1.38 bits per heavy atom. The second-order valence-electron chi connectivity index (χ2n) is 20.4. The monoisotopic (exact) mass is 1010 g/mol. The van der Waals surface area contributed by atoms with Gasteiger partial charge in [0.2, 0.25) is 5.91 Å². The van der Waals surface area contributed by atoms with Gasteiger partial charge in [-0.25, -0.2) is 0 Å². The lowest BCUT2D eigenvalue weighted by atomic mass is 9.97. The minimum atomic E-state index is -1.79. The number of aliphatic hydroxyl groups excluding tert-OH is 8. The van der Waals surface area contributed by atoms with Crippen molar-refractivity contribution in [1.29, 1.82) is 0 Å². The van der Waals surface area contributed by atoms with Crippen molar-refractivity contribution >= 4 is 5.91 Å². The van der Waals surface area contributed by atoms with E-state index in [9.17, 15) is 45.6 Å². The summed E-state index contributed by atoms with van der Waals surface area (Å²) in [5, 5.41) is 86.9. The van der Waals surface area contributed by atoms with Gasteiger partial charge in [0, 0.05) is 6.42 Å². The van der Waals surface area contributed by atoms with Crippen LogP contribution in [-0.4, -0.2) is 140 Å². The number of rotatable bonds is 45. The van der Waals surface area contributed by atoms with E-state index in [0.29, 0.717) is 12.8 Å². The van der Waals surface area contributed by atoms with Crippen LogP contribution in [0.1, 0.15) is 226 Å². The summed E-state index contributed by atoms with van der Waals surface area (Å²) in [6.45, 7) is 2.77. The largest absolute Gasteiger partial charge is 0.394 e. The molecule has 0 spiro atoms. The molecular formula is C57H105NO13. The summed E-state index contributed by atoms with van der Waals surface area (Å²) in [6, 6.07) is -0.934. The Bertz CT molecular complexity index is 1330. The third-order valence-corrected chi connectivity index (χ3v) is 14.1. The van der Waals surface area contributed by atoms with Gasteiger partial charge in [-0.1, -0.05) is 211 Å². The number of hydrogen-bond acceptors (Lipinski definition) is 13. The van der Waals surface area contributed by atoms with Crippen LogP contribution < -0.4 is 5.32 Å². The molecular weight excluding hydrogens is 907 g/mol. The molecule has 2 aliphatic heterocycles. The summed E-state index contributed by atoms with van der Waals surface area (Å²) in [7, 11) is 0. The Morgan fingerprint density at radius 1 is 0.493 bits per heavy atom. The first-order valence-electron chi connectivity index (χ1n) is 28.7. The zero-order valence-corrected chi connectivity index (χ0v) is 44.5. The van der Waals surface area contributed by atoms with Crippen LogP contribution in [0.3, 0.4) is 0 Å². The fourth-order valence-electron chi connectivity index (χ4n) is 9.38. The Balaban J connectivity index is 1.79. The fraction of sp³-hybridized carbons (Fsp3) is 0.877. The van der Waals surface area contributed by atoms with Crippen molar-refractivity contribution in [2.45, 2.75) is 299 Å². The maximum atomic E-state index is 13.2. The molecule has 0 saturated carbocycles. The van der Waals surface area contributed by atoms with Crippen LogP contribution in [0.5, 0.6) is 0 Å². The zero-order valence-electron chi connectivity index (χ0n) is 44.5. The molecule has 14 heteroatoms. The molecule has 1 amide bonds. The maximum Gasteiger partial charge on any atom is 0.220 e. The van der Waals surface area contributed by atoms with Gasteiger partial charge in [0.15, 0.2) is 12.6 Å². The second kappa shape index (κ2) is 43.4. The van der Waals surface area contributed by atoms with Crippen molar-refractivity contribution in [1.82, 2.24) is 5.32 Å². The number of amides is 1. The summed E-state index contributed by atoms with van der Waals surface area (Å²) in [5.74, 6) is -0.251. The summed E-state index contributed by atoms with van der Waals surface area (Å²) >= 11 is 0. The van der Waals surface area contributed by atoms with Gasteiger partial charge in [-0.2, -0.15) is 0 Å². The molecule has 2 rings (SSSR count). The Kier molecular flexibility index (Phi) is 40.0. The van der Waals surface area contributed by atoms with Gasteiger partial charge >= 0.3 is 0 Å². The van der Waals surface area contributed by atoms with E-state index in [0.717, 1.165) is 44.9 Å². The Labute approximate surface area is 430 Å². The first-order valence-corrected chi connectivity index (χ1v) is 28.7. The standard InChI is InChI=1S/C57H105NO13/c1-3-5-7-9-11-13-15-17-19-21-22-23-24-25-27-29-31-33-35-37-39-41-49(62)58-45(46(61)40-38-36-34-32-30-28-26-20-18-16-14-12-10-8-6-4-2)44-68-56-54(67)52(65)55(48(43-60)70-56)71-57-53(66)51(64)50(63)47(42-59)69-57/h18,20,30,32,38,40,45-48,50-57,59-61,63-67H,3-17,19,21-29,31,33-37,39,41-44H2,1-2H3,(H,58,62)/b20-18+,32-30+,40-38+. The lowest BCUT2D eigenvalue weighted by molar-refractivity contribution is -0.359. The smallest absolute Gasteiger partial charge is 0.220 e. The number of nitrogens with one attached hydrogen (secondary N) is 1. The lowest BCUT2D eigenvalue weighted by Gasteiger charge is -2.46. The molecule has 12 unspecified atom stereocenters. The van der Waals surface area contributed by atoms with Crippen molar-refractivity contribution < 1.29 is 64.6 Å². The average Bonchev–Trinajstić information content (AvgIpc) is 3.37. The molecule has 2 heterocycles. The predicted molar refractivity (Wildman–Crippen MR) is 281 cm³/mol. The van der Waals surface area contributed by atoms with E-state index in [1.807, 2.05) is 6.08 Å². The third kappa shape index (κ3) is 29.8. The normalized spacial score (nSPS) is 26.0. The maximum absolute atomic E-state index is 13.2. The topological polar surface area (TPSA) is 228 Å². The molecule has 9 N–H and O–H groups in total. The highest BCUT2D eigenvalue weighted by molar-refractivity contribution is 5.76. The third-order valence-electron chi connectivity index (χ3n) is 14.1. The number of hydrogen-bond donors (Lipinski definition) is 9. The highest BCUT2D eigenvalue weighted by atomic mass is 16.7. The van der Waals surface area contributed by atoms with Crippen molar-refractivity contribution in [3.8, 4) is 0 Å². The zero-order chi connectivity index (χ0) is 51.7. The average molecular weight is 1010 g/mol. The SMILES string of the molecule is CCCCCCCC/C=C/CC/C=C/CC/C=C/C(O)C(COC1OC(CO)C(OC2OC(CO)C(O)C(O)C2O)C(O)C1O)NC(=O)CCCCCCCCCCCCCCCCCCCCCCC. The predicted octanol–water partition coefficient (Wildman–Crippen LogP) is 9.05. The summed E-state index contributed by atoms with van der Waals surface area (Å²) in [4.78, 5) is 13.2. The molecule has 2 saturated heterocycles. The summed E-state index contributed by atoms with van der Waals surface area (Å²) in [5.41, 5.74) is 0. The molecule has 2 aliphatic rings. The van der Waals surface area contributed by atoms with Crippen LogP contribution in [-0.2, 0) is 23.7 Å². The van der Waals surface area contributed by atoms with Crippen molar-refractivity contribution in [3.63, 3.8) is 0 Å². The van der Waals surface area contributed by atoms with Crippen molar-refractivity contribution in [3.05, 3.63) is 36.5 Å². The first kappa shape index (κ1) is 65.3. The molecule has 0 aliphatic carbocycles. The quantitative estimate of drug-likeness (QED) is 0.0205. The van der Waals surface area contributed by atoms with E-state index in [-0.39, 0.29) is 18.9 Å². The van der Waals surface area contributed by atoms with Gasteiger partial charge in [0.1, 0.15) is 48.8 Å². The molecule has 0 radical (unpaired) electrons. The molecule has 14 nitrogen and oxygen atoms in total. The summed E-state index contributed by atoms with van der Waals surface area (Å²) in [6.07, 6.45) is 34.7. The fourth-order valence-corrected chi connectivity index (χ4v) is 9.38. The number of allylic oxidation sites excluding steroid dienone is 5. The van der Waals surface area contributed by atoms with Crippen LogP contribution in [0.4, 0.5) is 0 Å². The van der Waals surface area contributed by atoms with Crippen molar-refractivity contribution in [2.24, 2.45) is 0 Å². The molecule has 0 aromatic rings. The molecule has 0 aromatic heterocycles. The van der Waals surface area contributed by atoms with Crippen LogP contribution in [0.15, 0.2) is 36.5 Å². The van der Waals surface area contributed by atoms with Gasteiger partial charge in [-0.15, -0.1) is 0 Å². The van der Waals surface area contributed by atoms with E-state index >= 15 is 0 Å². The second-order valence-corrected chi connectivity index (χ2v) is 20.4. The Hall–Kier alpha value is -1.79.